The monoisotopic (exact) mass is 227 g/mol. The zero-order valence-electron chi connectivity index (χ0n) is 6.09. The Bertz CT molecular complexity index is 99.3. The van der Waals surface area contributed by atoms with E-state index < -0.39 is 17.0 Å². The minimum absolute atomic E-state index is 0.556. The van der Waals surface area contributed by atoms with E-state index in [0.717, 1.165) is 7.11 Å². The van der Waals surface area contributed by atoms with Crippen molar-refractivity contribution in [3.63, 3.8) is 0 Å². The van der Waals surface area contributed by atoms with E-state index in [2.05, 4.69) is 6.07 Å². The Labute approximate surface area is 84.0 Å². The van der Waals surface area contributed by atoms with Crippen LogP contribution in [0.25, 0.3) is 0 Å². The molecule has 0 saturated carbocycles. The van der Waals surface area contributed by atoms with E-state index in [-0.39, 0.29) is 0 Å². The van der Waals surface area contributed by atoms with Gasteiger partial charge in [0.15, 0.2) is 0 Å². The molecule has 0 aliphatic carbocycles. The molecule has 0 saturated heterocycles. The van der Waals surface area contributed by atoms with Crippen LogP contribution >= 0.6 is 18.6 Å². The molecule has 1 aromatic carbocycles. The smallest absolute Gasteiger partial charge is 0.171 e. The van der Waals surface area contributed by atoms with Crippen LogP contribution in [0.15, 0.2) is 30.3 Å². The molecule has 0 aromatic heterocycles. The first-order valence-electron chi connectivity index (χ1n) is 2.74. The summed E-state index contributed by atoms with van der Waals surface area (Å²) in [7, 11) is 10.8. The molecule has 0 bridgehead atoms. The van der Waals surface area contributed by atoms with Crippen molar-refractivity contribution in [3.05, 3.63) is 36.4 Å². The fourth-order valence-electron chi connectivity index (χ4n) is 0.342. The van der Waals surface area contributed by atoms with Gasteiger partial charge < -0.3 is 5.11 Å². The van der Waals surface area contributed by atoms with Gasteiger partial charge in [-0.15, -0.1) is 0 Å². The number of rotatable bonds is 0. The summed E-state index contributed by atoms with van der Waals surface area (Å²) in [5.41, 5.74) is 0. The molecule has 62 valence electrons. The van der Waals surface area contributed by atoms with Gasteiger partial charge >= 0.3 is 35.6 Å². The van der Waals surface area contributed by atoms with Crippen LogP contribution in [0, 0.1) is 6.07 Å². The van der Waals surface area contributed by atoms with Gasteiger partial charge in [-0.1, -0.05) is 0 Å². The average molecular weight is 228 g/mol. The van der Waals surface area contributed by atoms with Gasteiger partial charge in [0, 0.05) is 7.11 Å². The second-order valence-electron chi connectivity index (χ2n) is 1.15. The average Bonchev–Trinajstić information content (AvgIpc) is 2.12. The second kappa shape index (κ2) is 16.8. The zero-order valence-corrected chi connectivity index (χ0v) is 9.16. The number of halogens is 2. The van der Waals surface area contributed by atoms with Gasteiger partial charge in [-0.3, -0.25) is 0 Å². The van der Waals surface area contributed by atoms with Crippen LogP contribution < -0.4 is 0 Å². The maximum atomic E-state index is 7.00. The quantitative estimate of drug-likeness (QED) is 0.534. The van der Waals surface area contributed by atoms with Gasteiger partial charge in [0.2, 0.25) is 0 Å². The third-order valence-corrected chi connectivity index (χ3v) is 0.607. The molecule has 1 rings (SSSR count). The van der Waals surface area contributed by atoms with Crippen molar-refractivity contribution >= 4 is 18.6 Å². The van der Waals surface area contributed by atoms with E-state index in [9.17, 15) is 0 Å². The molecule has 0 spiro atoms. The molecular formula is C7H9Cl2OTi-. The van der Waals surface area contributed by atoms with Crippen LogP contribution in [0.2, 0.25) is 0 Å². The van der Waals surface area contributed by atoms with Crippen LogP contribution in [0.5, 0.6) is 0 Å². The van der Waals surface area contributed by atoms with Gasteiger partial charge in [-0.05, 0) is 0 Å². The van der Waals surface area contributed by atoms with E-state index in [1.807, 2.05) is 30.3 Å². The predicted molar refractivity (Wildman–Crippen MR) is 45.1 cm³/mol. The number of hydrogen-bond acceptors (Lipinski definition) is 1. The molecule has 4 heteroatoms. The van der Waals surface area contributed by atoms with Crippen molar-refractivity contribution in [1.82, 2.24) is 0 Å². The van der Waals surface area contributed by atoms with E-state index in [4.69, 9.17) is 23.7 Å². The molecule has 0 unspecified atom stereocenters. The third kappa shape index (κ3) is 17.9. The molecule has 0 aliphatic rings. The van der Waals surface area contributed by atoms with Crippen LogP contribution in [-0.4, -0.2) is 12.2 Å². The van der Waals surface area contributed by atoms with Gasteiger partial charge in [-0.2, -0.15) is 36.4 Å². The second-order valence-corrected chi connectivity index (χ2v) is 3.73. The standard InChI is InChI=1S/C6H5.CH4O.2ClH.Ti/c1-2-4-6-5-3-1;1-2;;;/h1-5H;2H,1H3;2*1H;/q-1;;;;+2/p-2. The zero-order chi connectivity index (χ0) is 8.95. The summed E-state index contributed by atoms with van der Waals surface area (Å²) in [6, 6.07) is 12.5. The SMILES string of the molecule is CO.[Cl][Ti][Cl].[c-]1ccccc1. The van der Waals surface area contributed by atoms with E-state index >= 15 is 0 Å². The van der Waals surface area contributed by atoms with Crippen molar-refractivity contribution in [2.75, 3.05) is 7.11 Å². The molecular weight excluding hydrogens is 219 g/mol. The van der Waals surface area contributed by atoms with Crippen molar-refractivity contribution in [1.29, 1.82) is 0 Å². The molecule has 0 atom stereocenters. The Morgan fingerprint density at radius 2 is 1.45 bits per heavy atom. The summed E-state index contributed by atoms with van der Waals surface area (Å²) in [6.07, 6.45) is 0. The largest absolute Gasteiger partial charge is 0.184 e. The summed E-state index contributed by atoms with van der Waals surface area (Å²) < 4.78 is 0. The Balaban J connectivity index is 0. The molecule has 1 aromatic rings. The first-order valence-corrected chi connectivity index (χ1v) is 7.03. The van der Waals surface area contributed by atoms with Crippen LogP contribution in [0.1, 0.15) is 0 Å². The van der Waals surface area contributed by atoms with Gasteiger partial charge in [0.25, 0.3) is 0 Å². The Morgan fingerprint density at radius 3 is 1.55 bits per heavy atom. The van der Waals surface area contributed by atoms with Gasteiger partial charge in [0.1, 0.15) is 0 Å². The minimum Gasteiger partial charge on any atom is -0.184 e. The maximum Gasteiger partial charge on any atom is -0.171 e. The summed E-state index contributed by atoms with van der Waals surface area (Å²) in [4.78, 5) is 0. The number of aliphatic hydroxyl groups is 1. The van der Waals surface area contributed by atoms with E-state index in [1.165, 1.54) is 0 Å². The minimum atomic E-state index is -0.556. The summed E-state index contributed by atoms with van der Waals surface area (Å²) in [5.74, 6) is 0. The molecule has 1 nitrogen and oxygen atoms in total. The molecule has 0 radical (unpaired) electrons. The van der Waals surface area contributed by atoms with Crippen molar-refractivity contribution in [2.45, 2.75) is 0 Å². The maximum absolute atomic E-state index is 7.00. The summed E-state index contributed by atoms with van der Waals surface area (Å²) in [6.45, 7) is 0. The number of benzene rings is 1. The van der Waals surface area contributed by atoms with Crippen molar-refractivity contribution in [2.24, 2.45) is 0 Å². The topological polar surface area (TPSA) is 20.2 Å². The Hall–Kier alpha value is 0.474. The first kappa shape index (κ1) is 14.0. The van der Waals surface area contributed by atoms with Crippen LogP contribution in [0.3, 0.4) is 0 Å². The fourth-order valence-corrected chi connectivity index (χ4v) is 0.342. The molecule has 11 heavy (non-hydrogen) atoms. The molecule has 0 aliphatic heterocycles. The predicted octanol–water partition coefficient (Wildman–Crippen LogP) is 2.47. The number of aliphatic hydroxyl groups excluding tert-OH is 1. The molecule has 0 amide bonds. The number of hydrogen-bond donors (Lipinski definition) is 1. The molecule has 1 N–H and O–H groups in total. The van der Waals surface area contributed by atoms with Gasteiger partial charge in [-0.25, -0.2) is 0 Å². The van der Waals surface area contributed by atoms with Crippen molar-refractivity contribution in [3.8, 4) is 0 Å². The third-order valence-electron chi connectivity index (χ3n) is 0.607. The Kier molecular flexibility index (Phi) is 21.5. The van der Waals surface area contributed by atoms with Crippen LogP contribution in [0.4, 0.5) is 0 Å². The van der Waals surface area contributed by atoms with E-state index in [1.54, 1.807) is 0 Å². The van der Waals surface area contributed by atoms with Gasteiger partial charge in [0.05, 0.1) is 0 Å². The summed E-state index contributed by atoms with van der Waals surface area (Å²) in [5, 5.41) is 7.00. The van der Waals surface area contributed by atoms with E-state index in [0.29, 0.717) is 0 Å². The first-order chi connectivity index (χ1) is 5.41. The molecule has 0 heterocycles. The van der Waals surface area contributed by atoms with Crippen LogP contribution in [-0.2, 0) is 17.0 Å². The normalized spacial score (nSPS) is 6.18. The Morgan fingerprint density at radius 1 is 1.09 bits per heavy atom. The summed E-state index contributed by atoms with van der Waals surface area (Å²) >= 11 is -0.556. The fraction of sp³-hybridized carbons (Fsp3) is 0.143. The van der Waals surface area contributed by atoms with Crippen molar-refractivity contribution < 1.29 is 22.1 Å². The molecule has 0 fully saturated rings.